The number of anilines is 1. The second-order valence-electron chi connectivity index (χ2n) is 11.4. The topological polar surface area (TPSA) is 207 Å². The van der Waals surface area contributed by atoms with Crippen LogP contribution in [0.1, 0.15) is 78.5 Å². The average Bonchev–Trinajstić information content (AvgIpc) is 3.56. The molecule has 1 fully saturated rings. The summed E-state index contributed by atoms with van der Waals surface area (Å²) in [7, 11) is 2.05. The number of nitrogens with zero attached hydrogens (tertiary/aromatic N) is 5. The molecular weight excluding hydrogens is 568 g/mol. The van der Waals surface area contributed by atoms with E-state index in [1.807, 2.05) is 14.0 Å². The first kappa shape index (κ1) is 30.2. The Balaban J connectivity index is 1.55. The molecule has 1 aliphatic heterocycles. The fourth-order valence-corrected chi connectivity index (χ4v) is 7.85. The predicted octanol–water partition coefficient (Wildman–Crippen LogP) is 3.34. The number of aliphatic carboxylic acids is 1. The second kappa shape index (κ2) is 12.1. The number of ketones is 1. The fourth-order valence-electron chi connectivity index (χ4n) is 6.69. The lowest BCUT2D eigenvalue weighted by Gasteiger charge is -2.42. The van der Waals surface area contributed by atoms with E-state index in [0.717, 1.165) is 61.6 Å². The molecule has 0 bridgehead atoms. The first-order valence-corrected chi connectivity index (χ1v) is 15.2. The van der Waals surface area contributed by atoms with Gasteiger partial charge in [0.2, 0.25) is 17.5 Å². The van der Waals surface area contributed by atoms with Crippen LogP contribution in [0.25, 0.3) is 0 Å². The molecule has 2 aromatic heterocycles. The van der Waals surface area contributed by atoms with E-state index in [9.17, 15) is 14.9 Å². The molecule has 3 atom stereocenters. The summed E-state index contributed by atoms with van der Waals surface area (Å²) in [6, 6.07) is 3.96. The van der Waals surface area contributed by atoms with Crippen molar-refractivity contribution in [3.05, 3.63) is 50.9 Å². The molecule has 0 aromatic carbocycles. The number of Topliss-reactive ketones (excluding diaryl/α,β-unsaturated/α-hetero) is 1. The van der Waals surface area contributed by atoms with E-state index in [1.165, 1.54) is 23.6 Å². The summed E-state index contributed by atoms with van der Waals surface area (Å²) in [4.78, 5) is 41.6. The Hall–Kier alpha value is -4.28. The number of aliphatic imine (C=N–C) groups is 1. The van der Waals surface area contributed by atoms with Crippen molar-refractivity contribution in [2.75, 3.05) is 19.3 Å². The Bertz CT molecular complexity index is 1590. The number of thiophene rings is 1. The number of nitriles is 1. The normalized spacial score (nSPS) is 23.4. The van der Waals surface area contributed by atoms with Gasteiger partial charge < -0.3 is 27.0 Å². The summed E-state index contributed by atoms with van der Waals surface area (Å²) >= 11 is 1.43. The van der Waals surface area contributed by atoms with Crippen LogP contribution >= 0.6 is 11.3 Å². The van der Waals surface area contributed by atoms with Gasteiger partial charge in [-0.15, -0.1) is 11.3 Å². The summed E-state index contributed by atoms with van der Waals surface area (Å²) in [5, 5.41) is 19.5. The number of allylic oxidation sites excluding steroid dienone is 3. The van der Waals surface area contributed by atoms with Crippen LogP contribution < -0.4 is 21.9 Å². The number of nitrogens with two attached hydrogens (primary N) is 3. The van der Waals surface area contributed by atoms with Gasteiger partial charge in [0.15, 0.2) is 5.82 Å². The van der Waals surface area contributed by atoms with Gasteiger partial charge in [-0.2, -0.15) is 10.2 Å². The van der Waals surface area contributed by atoms with Crippen LogP contribution in [-0.2, 0) is 16.6 Å². The Labute approximate surface area is 253 Å². The number of aromatic nitrogens is 2. The van der Waals surface area contributed by atoms with Crippen molar-refractivity contribution < 1.29 is 19.4 Å². The van der Waals surface area contributed by atoms with Crippen molar-refractivity contribution in [2.45, 2.75) is 75.9 Å². The monoisotopic (exact) mass is 604 g/mol. The Morgan fingerprint density at radius 1 is 1.28 bits per heavy atom. The van der Waals surface area contributed by atoms with Crippen LogP contribution in [0.2, 0.25) is 0 Å². The van der Waals surface area contributed by atoms with Crippen molar-refractivity contribution >= 4 is 40.1 Å². The van der Waals surface area contributed by atoms with Gasteiger partial charge in [0, 0.05) is 39.9 Å². The molecule has 1 saturated heterocycles. The van der Waals surface area contributed by atoms with Crippen molar-refractivity contribution in [1.29, 1.82) is 5.26 Å². The molecule has 43 heavy (non-hydrogen) atoms. The van der Waals surface area contributed by atoms with Crippen molar-refractivity contribution in [2.24, 2.45) is 16.5 Å². The highest BCUT2D eigenvalue weighted by Gasteiger charge is 2.46. The largest absolute Gasteiger partial charge is 0.477 e. The number of nitrogen functional groups attached to an aromatic ring is 1. The zero-order valence-corrected chi connectivity index (χ0v) is 25.1. The zero-order valence-electron chi connectivity index (χ0n) is 24.3. The van der Waals surface area contributed by atoms with Gasteiger partial charge in [0.25, 0.3) is 0 Å². The highest BCUT2D eigenvalue weighted by atomic mass is 32.1. The maximum atomic E-state index is 14.1. The lowest BCUT2D eigenvalue weighted by Crippen LogP contribution is -2.41. The summed E-state index contributed by atoms with van der Waals surface area (Å²) in [6.45, 7) is 2.93. The summed E-state index contributed by atoms with van der Waals surface area (Å²) in [5.74, 6) is -1.55. The zero-order chi connectivity index (χ0) is 30.9. The number of carboxylic acid groups (broad SMARTS) is 1. The summed E-state index contributed by atoms with van der Waals surface area (Å²) in [6.07, 6.45) is 8.43. The predicted molar refractivity (Wildman–Crippen MR) is 163 cm³/mol. The SMILES string of the molecule is C[C@H](Oc1cc(N=CC=C(N)C(=O)O)nc(C(=O)C2=C(N)[C@@]3(CCC2)CCCc2sc(N)c(C#N)c23)n1)[C@@H]1CCCN1C. The molecule has 5 rings (SSSR count). The van der Waals surface area contributed by atoms with Crippen molar-refractivity contribution in [3.63, 3.8) is 0 Å². The van der Waals surface area contributed by atoms with E-state index >= 15 is 0 Å². The van der Waals surface area contributed by atoms with E-state index in [0.29, 0.717) is 34.7 Å². The number of carbonyl (C=O) groups is 2. The lowest BCUT2D eigenvalue weighted by atomic mass is 9.62. The van der Waals surface area contributed by atoms with Crippen LogP contribution in [-0.4, -0.2) is 63.7 Å². The molecule has 226 valence electrons. The number of carboxylic acids is 1. The van der Waals surface area contributed by atoms with Gasteiger partial charge in [-0.05, 0) is 83.5 Å². The van der Waals surface area contributed by atoms with E-state index in [-0.39, 0.29) is 29.7 Å². The molecule has 0 saturated carbocycles. The van der Waals surface area contributed by atoms with Gasteiger partial charge in [-0.1, -0.05) is 0 Å². The van der Waals surface area contributed by atoms with Gasteiger partial charge in [-0.25, -0.2) is 14.8 Å². The summed E-state index contributed by atoms with van der Waals surface area (Å²) in [5.41, 5.74) is 19.7. The number of rotatable bonds is 8. The molecule has 0 amide bonds. The van der Waals surface area contributed by atoms with Crippen LogP contribution in [0.3, 0.4) is 0 Å². The molecule has 0 radical (unpaired) electrons. The molecule has 3 aliphatic rings. The Morgan fingerprint density at radius 2 is 2.02 bits per heavy atom. The average molecular weight is 605 g/mol. The molecular formula is C30H36N8O4S. The van der Waals surface area contributed by atoms with Gasteiger partial charge in [0.1, 0.15) is 22.9 Å². The maximum absolute atomic E-state index is 14.1. The van der Waals surface area contributed by atoms with Gasteiger partial charge in [0.05, 0.1) is 5.56 Å². The number of fused-ring (bicyclic) bond motifs is 2. The van der Waals surface area contributed by atoms with E-state index < -0.39 is 22.9 Å². The third kappa shape index (κ3) is 5.72. The van der Waals surface area contributed by atoms with Crippen LogP contribution in [0.5, 0.6) is 5.88 Å². The standard InChI is InChI=1S/C30H36N8O4S/c1-16(20-7-5-13-38(20)2)42-23-14-22(35-12-9-19(32)29(40)41)36-28(37-23)25(39)17-6-3-10-30(26(17)33)11-4-8-21-24(30)18(15-31)27(34)43-21/h9,12,14,16,20H,3-8,10-11,13,32-34H2,1-2H3,(H,40,41)/t16-,20-,30-/m0/s1. The first-order valence-electron chi connectivity index (χ1n) is 14.4. The van der Waals surface area contributed by atoms with Gasteiger partial charge >= 0.3 is 5.97 Å². The molecule has 0 unspecified atom stereocenters. The summed E-state index contributed by atoms with van der Waals surface area (Å²) < 4.78 is 6.22. The number of likely N-dealkylation sites (N-methyl/N-ethyl adjacent to an activating group) is 1. The number of hydrogen-bond acceptors (Lipinski definition) is 12. The molecule has 12 nitrogen and oxygen atoms in total. The first-order chi connectivity index (χ1) is 20.6. The van der Waals surface area contributed by atoms with Crippen LogP contribution in [0.15, 0.2) is 34.1 Å². The Kier molecular flexibility index (Phi) is 8.52. The van der Waals surface area contributed by atoms with Crippen molar-refractivity contribution in [3.8, 4) is 11.9 Å². The lowest BCUT2D eigenvalue weighted by molar-refractivity contribution is -0.132. The highest BCUT2D eigenvalue weighted by Crippen LogP contribution is 2.53. The molecule has 7 N–H and O–H groups in total. The number of carbonyl (C=O) groups excluding carboxylic acids is 1. The number of hydrogen-bond donors (Lipinski definition) is 4. The van der Waals surface area contributed by atoms with Gasteiger partial charge in [-0.3, -0.25) is 9.69 Å². The van der Waals surface area contributed by atoms with Crippen LogP contribution in [0, 0.1) is 11.3 Å². The van der Waals surface area contributed by atoms with E-state index in [2.05, 4.69) is 25.9 Å². The smallest absolute Gasteiger partial charge is 0.351 e. The Morgan fingerprint density at radius 3 is 2.70 bits per heavy atom. The van der Waals surface area contributed by atoms with Crippen LogP contribution in [0.4, 0.5) is 10.8 Å². The maximum Gasteiger partial charge on any atom is 0.351 e. The fraction of sp³-hybridized carbons (Fsp3) is 0.467. The molecule has 1 spiro atoms. The number of aryl methyl sites for hydroxylation is 1. The minimum Gasteiger partial charge on any atom is -0.477 e. The number of ether oxygens (including phenoxy) is 1. The minimum atomic E-state index is -1.28. The van der Waals surface area contributed by atoms with Crippen molar-refractivity contribution in [1.82, 2.24) is 14.9 Å². The highest BCUT2D eigenvalue weighted by molar-refractivity contribution is 7.16. The number of likely N-dealkylation sites (tertiary alicyclic amines) is 1. The molecule has 3 heterocycles. The van der Waals surface area contributed by atoms with E-state index in [1.54, 1.807) is 0 Å². The third-order valence-electron chi connectivity index (χ3n) is 8.78. The molecule has 2 aliphatic carbocycles. The third-order valence-corrected chi connectivity index (χ3v) is 9.86. The second-order valence-corrected chi connectivity index (χ2v) is 12.5. The van der Waals surface area contributed by atoms with E-state index in [4.69, 9.17) is 27.0 Å². The molecule has 13 heteroatoms. The molecule has 2 aromatic rings. The quantitative estimate of drug-likeness (QED) is 0.195. The minimum absolute atomic E-state index is 0.108.